The van der Waals surface area contributed by atoms with Gasteiger partial charge in [-0.25, -0.2) is 0 Å². The lowest BCUT2D eigenvalue weighted by Gasteiger charge is -2.32. The molecule has 2 fully saturated rings. The fourth-order valence-corrected chi connectivity index (χ4v) is 2.93. The minimum Gasteiger partial charge on any atom is -0.375 e. The Morgan fingerprint density at radius 3 is 2.85 bits per heavy atom. The maximum Gasteiger partial charge on any atom is 0.222 e. The number of morpholine rings is 1. The number of carbonyl (C=O) groups excluding carboxylic acids is 1. The second kappa shape index (κ2) is 8.60. The Hall–Kier alpha value is -0.650. The molecule has 5 heteroatoms. The lowest BCUT2D eigenvalue weighted by Crippen LogP contribution is -2.47. The normalized spacial score (nSPS) is 25.6. The van der Waals surface area contributed by atoms with Gasteiger partial charge in [0.15, 0.2) is 0 Å². The number of nitrogens with one attached hydrogen (secondary N) is 2. The van der Waals surface area contributed by atoms with Gasteiger partial charge in [0.05, 0.1) is 19.1 Å². The molecule has 0 radical (unpaired) electrons. The Morgan fingerprint density at radius 1 is 1.40 bits per heavy atom. The first-order valence-electron chi connectivity index (χ1n) is 8.12. The number of unbranched alkanes of at least 4 members (excludes halogenated alkanes) is 1. The van der Waals surface area contributed by atoms with Crippen molar-refractivity contribution >= 4 is 5.91 Å². The van der Waals surface area contributed by atoms with Crippen LogP contribution in [0.1, 0.15) is 39.0 Å². The number of nitrogens with zero attached hydrogens (tertiary/aromatic N) is 1. The van der Waals surface area contributed by atoms with E-state index in [1.165, 1.54) is 19.4 Å². The topological polar surface area (TPSA) is 53.6 Å². The summed E-state index contributed by atoms with van der Waals surface area (Å²) in [6.07, 6.45) is 5.24. The average molecular weight is 283 g/mol. The van der Waals surface area contributed by atoms with Crippen LogP contribution < -0.4 is 10.6 Å². The molecule has 2 aliphatic heterocycles. The van der Waals surface area contributed by atoms with Gasteiger partial charge in [0, 0.05) is 32.2 Å². The van der Waals surface area contributed by atoms with E-state index in [4.69, 9.17) is 4.74 Å². The molecule has 5 nitrogen and oxygen atoms in total. The van der Waals surface area contributed by atoms with E-state index >= 15 is 0 Å². The molecule has 0 spiro atoms. The Kier molecular flexibility index (Phi) is 6.76. The highest BCUT2D eigenvalue weighted by atomic mass is 16.5. The van der Waals surface area contributed by atoms with Crippen molar-refractivity contribution in [3.63, 3.8) is 0 Å². The second-order valence-electron chi connectivity index (χ2n) is 5.94. The molecule has 2 heterocycles. The van der Waals surface area contributed by atoms with Crippen LogP contribution in [0.5, 0.6) is 0 Å². The second-order valence-corrected chi connectivity index (χ2v) is 5.94. The fourth-order valence-electron chi connectivity index (χ4n) is 2.93. The summed E-state index contributed by atoms with van der Waals surface area (Å²) in [5.41, 5.74) is 0. The summed E-state index contributed by atoms with van der Waals surface area (Å²) >= 11 is 0. The number of hydrogen-bond acceptors (Lipinski definition) is 4. The third kappa shape index (κ3) is 5.38. The number of carbonyl (C=O) groups is 1. The van der Waals surface area contributed by atoms with Crippen LogP contribution in [0.3, 0.4) is 0 Å². The van der Waals surface area contributed by atoms with Crippen molar-refractivity contribution < 1.29 is 9.53 Å². The van der Waals surface area contributed by atoms with Crippen LogP contribution in [-0.2, 0) is 9.53 Å². The smallest absolute Gasteiger partial charge is 0.222 e. The van der Waals surface area contributed by atoms with Crippen molar-refractivity contribution in [1.29, 1.82) is 0 Å². The molecule has 1 atom stereocenters. The Morgan fingerprint density at radius 2 is 2.20 bits per heavy atom. The van der Waals surface area contributed by atoms with Crippen LogP contribution in [0.15, 0.2) is 0 Å². The molecule has 1 amide bonds. The summed E-state index contributed by atoms with van der Waals surface area (Å²) in [4.78, 5) is 14.5. The van der Waals surface area contributed by atoms with E-state index in [0.717, 1.165) is 39.0 Å². The average Bonchev–Trinajstić information content (AvgIpc) is 2.47. The zero-order chi connectivity index (χ0) is 14.2. The first-order valence-corrected chi connectivity index (χ1v) is 8.12. The number of piperidine rings is 1. The third-order valence-electron chi connectivity index (χ3n) is 4.20. The van der Waals surface area contributed by atoms with E-state index in [-0.39, 0.29) is 12.0 Å². The van der Waals surface area contributed by atoms with Crippen LogP contribution in [0, 0.1) is 0 Å². The summed E-state index contributed by atoms with van der Waals surface area (Å²) in [5.74, 6) is 0.144. The van der Waals surface area contributed by atoms with Crippen LogP contribution >= 0.6 is 0 Å². The molecule has 0 aromatic rings. The largest absolute Gasteiger partial charge is 0.375 e. The minimum absolute atomic E-state index is 0.0494. The van der Waals surface area contributed by atoms with Crippen LogP contribution in [-0.4, -0.2) is 62.3 Å². The van der Waals surface area contributed by atoms with E-state index in [1.54, 1.807) is 0 Å². The molecular formula is C15H29N3O2. The van der Waals surface area contributed by atoms with E-state index in [1.807, 2.05) is 0 Å². The van der Waals surface area contributed by atoms with Crippen LogP contribution in [0.4, 0.5) is 0 Å². The number of amides is 1. The fraction of sp³-hybridized carbons (Fsp3) is 0.933. The van der Waals surface area contributed by atoms with Crippen molar-refractivity contribution in [3.8, 4) is 0 Å². The third-order valence-corrected chi connectivity index (χ3v) is 4.20. The molecule has 0 saturated carbocycles. The Balaban J connectivity index is 1.60. The van der Waals surface area contributed by atoms with Crippen molar-refractivity contribution in [3.05, 3.63) is 0 Å². The van der Waals surface area contributed by atoms with Gasteiger partial charge >= 0.3 is 0 Å². The Labute approximate surface area is 122 Å². The van der Waals surface area contributed by atoms with Crippen molar-refractivity contribution in [2.45, 2.75) is 51.2 Å². The standard InChI is InChI=1S/C15H29N3O2/c1-2-3-7-18-8-4-13(5-9-18)17-15(19)11-14-12-16-6-10-20-14/h13-14,16H,2-12H2,1H3,(H,17,19). The number of rotatable bonds is 6. The van der Waals surface area contributed by atoms with E-state index in [2.05, 4.69) is 22.5 Å². The van der Waals surface area contributed by atoms with Crippen molar-refractivity contribution in [1.82, 2.24) is 15.5 Å². The Bertz CT molecular complexity index is 285. The molecule has 1 unspecified atom stereocenters. The van der Waals surface area contributed by atoms with Gasteiger partial charge in [0.1, 0.15) is 0 Å². The van der Waals surface area contributed by atoms with Gasteiger partial charge in [-0.15, -0.1) is 0 Å². The van der Waals surface area contributed by atoms with Gasteiger partial charge in [-0.2, -0.15) is 0 Å². The summed E-state index contributed by atoms with van der Waals surface area (Å²) < 4.78 is 5.57. The van der Waals surface area contributed by atoms with Gasteiger partial charge in [0.25, 0.3) is 0 Å². The highest BCUT2D eigenvalue weighted by Crippen LogP contribution is 2.12. The molecule has 116 valence electrons. The highest BCUT2D eigenvalue weighted by Gasteiger charge is 2.22. The molecule has 20 heavy (non-hydrogen) atoms. The zero-order valence-electron chi connectivity index (χ0n) is 12.7. The van der Waals surface area contributed by atoms with Gasteiger partial charge in [-0.1, -0.05) is 13.3 Å². The minimum atomic E-state index is 0.0494. The number of likely N-dealkylation sites (tertiary alicyclic amines) is 1. The molecule has 2 rings (SSSR count). The van der Waals surface area contributed by atoms with Gasteiger partial charge in [-0.3, -0.25) is 4.79 Å². The first-order chi connectivity index (χ1) is 9.78. The lowest BCUT2D eigenvalue weighted by molar-refractivity contribution is -0.125. The van der Waals surface area contributed by atoms with Gasteiger partial charge in [0.2, 0.25) is 5.91 Å². The van der Waals surface area contributed by atoms with Crippen LogP contribution in [0.25, 0.3) is 0 Å². The molecule has 0 bridgehead atoms. The maximum absolute atomic E-state index is 12.0. The molecule has 0 aliphatic carbocycles. The SMILES string of the molecule is CCCCN1CCC(NC(=O)CC2CNCCO2)CC1. The molecule has 2 aliphatic rings. The molecule has 0 aromatic carbocycles. The molecule has 2 saturated heterocycles. The van der Waals surface area contributed by atoms with Crippen molar-refractivity contribution in [2.24, 2.45) is 0 Å². The van der Waals surface area contributed by atoms with E-state index in [9.17, 15) is 4.79 Å². The first kappa shape index (κ1) is 15.7. The molecular weight excluding hydrogens is 254 g/mol. The quantitative estimate of drug-likeness (QED) is 0.755. The molecule has 0 aromatic heterocycles. The maximum atomic E-state index is 12.0. The van der Waals surface area contributed by atoms with E-state index < -0.39 is 0 Å². The zero-order valence-corrected chi connectivity index (χ0v) is 12.7. The highest BCUT2D eigenvalue weighted by molar-refractivity contribution is 5.76. The molecule has 2 N–H and O–H groups in total. The lowest BCUT2D eigenvalue weighted by atomic mass is 10.0. The van der Waals surface area contributed by atoms with Crippen LogP contribution in [0.2, 0.25) is 0 Å². The number of ether oxygens (including phenoxy) is 1. The van der Waals surface area contributed by atoms with Gasteiger partial charge < -0.3 is 20.3 Å². The predicted octanol–water partition coefficient (Wildman–Crippen LogP) is 0.746. The summed E-state index contributed by atoms with van der Waals surface area (Å²) in [6.45, 7) is 8.08. The summed E-state index contributed by atoms with van der Waals surface area (Å²) in [5, 5.41) is 6.43. The van der Waals surface area contributed by atoms with E-state index in [0.29, 0.717) is 19.1 Å². The predicted molar refractivity (Wildman–Crippen MR) is 79.7 cm³/mol. The summed E-state index contributed by atoms with van der Waals surface area (Å²) in [6, 6.07) is 0.358. The summed E-state index contributed by atoms with van der Waals surface area (Å²) in [7, 11) is 0. The monoisotopic (exact) mass is 283 g/mol. The number of hydrogen-bond donors (Lipinski definition) is 2. The van der Waals surface area contributed by atoms with Crippen molar-refractivity contribution in [2.75, 3.05) is 39.3 Å². The van der Waals surface area contributed by atoms with Gasteiger partial charge in [-0.05, 0) is 25.8 Å².